The Morgan fingerprint density at radius 3 is 2.50 bits per heavy atom. The molecule has 0 radical (unpaired) electrons. The van der Waals surface area contributed by atoms with Crippen molar-refractivity contribution in [2.45, 2.75) is 32.6 Å². The molecular weight excluding hydrogens is 258 g/mol. The van der Waals surface area contributed by atoms with Gasteiger partial charge in [-0.05, 0) is 31.7 Å². The molecule has 1 aromatic rings. The van der Waals surface area contributed by atoms with Crippen LogP contribution in [0.3, 0.4) is 0 Å². The second kappa shape index (κ2) is 8.85. The van der Waals surface area contributed by atoms with Crippen molar-refractivity contribution in [3.8, 4) is 0 Å². The van der Waals surface area contributed by atoms with Gasteiger partial charge in [0.2, 0.25) is 5.71 Å². The SMILES string of the molecule is CCOC(=O)C(=NO)C(=O)CCCCc1ccccc1. The Labute approximate surface area is 118 Å². The van der Waals surface area contributed by atoms with Crippen LogP contribution in [0.25, 0.3) is 0 Å². The topological polar surface area (TPSA) is 76.0 Å². The van der Waals surface area contributed by atoms with Crippen LogP contribution in [-0.4, -0.2) is 29.3 Å². The molecule has 0 atom stereocenters. The van der Waals surface area contributed by atoms with Gasteiger partial charge >= 0.3 is 5.97 Å². The maximum absolute atomic E-state index is 11.7. The Bertz CT molecular complexity index is 468. The van der Waals surface area contributed by atoms with Gasteiger partial charge in [0.25, 0.3) is 0 Å². The number of nitrogens with zero attached hydrogens (tertiary/aromatic N) is 1. The fourth-order valence-electron chi connectivity index (χ4n) is 1.79. The average molecular weight is 277 g/mol. The minimum atomic E-state index is -0.872. The molecule has 20 heavy (non-hydrogen) atoms. The van der Waals surface area contributed by atoms with Gasteiger partial charge in [-0.2, -0.15) is 0 Å². The van der Waals surface area contributed by atoms with Crippen LogP contribution >= 0.6 is 0 Å². The Morgan fingerprint density at radius 2 is 1.90 bits per heavy atom. The lowest BCUT2D eigenvalue weighted by molar-refractivity contribution is -0.136. The quantitative estimate of drug-likeness (QED) is 0.198. The van der Waals surface area contributed by atoms with E-state index in [1.165, 1.54) is 5.56 Å². The molecule has 1 aromatic carbocycles. The summed E-state index contributed by atoms with van der Waals surface area (Å²) < 4.78 is 4.64. The molecule has 0 unspecified atom stereocenters. The molecule has 0 saturated carbocycles. The second-order valence-electron chi connectivity index (χ2n) is 4.28. The highest BCUT2D eigenvalue weighted by atomic mass is 16.5. The smallest absolute Gasteiger partial charge is 0.364 e. The van der Waals surface area contributed by atoms with Crippen molar-refractivity contribution in [3.63, 3.8) is 0 Å². The van der Waals surface area contributed by atoms with E-state index in [2.05, 4.69) is 9.89 Å². The standard InChI is InChI=1S/C15H19NO4/c1-2-20-15(18)14(16-19)13(17)11-7-6-10-12-8-4-3-5-9-12/h3-5,8-9,19H,2,6-7,10-11H2,1H3. The van der Waals surface area contributed by atoms with Crippen molar-refractivity contribution >= 4 is 17.5 Å². The van der Waals surface area contributed by atoms with Crippen LogP contribution in [0.1, 0.15) is 31.7 Å². The molecule has 0 spiro atoms. The summed E-state index contributed by atoms with van der Waals surface area (Å²) in [4.78, 5) is 23.0. The summed E-state index contributed by atoms with van der Waals surface area (Å²) in [6, 6.07) is 9.95. The molecule has 0 aliphatic heterocycles. The predicted molar refractivity (Wildman–Crippen MR) is 74.9 cm³/mol. The largest absolute Gasteiger partial charge is 0.461 e. The van der Waals surface area contributed by atoms with Crippen molar-refractivity contribution in [2.75, 3.05) is 6.61 Å². The lowest BCUT2D eigenvalue weighted by Gasteiger charge is -2.04. The number of benzene rings is 1. The maximum atomic E-state index is 11.7. The van der Waals surface area contributed by atoms with Gasteiger partial charge in [0.05, 0.1) is 6.61 Å². The van der Waals surface area contributed by atoms with E-state index in [-0.39, 0.29) is 13.0 Å². The fraction of sp³-hybridized carbons (Fsp3) is 0.400. The Hall–Kier alpha value is -2.17. The van der Waals surface area contributed by atoms with E-state index < -0.39 is 17.5 Å². The summed E-state index contributed by atoms with van der Waals surface area (Å²) in [5.74, 6) is -1.36. The van der Waals surface area contributed by atoms with Gasteiger partial charge in [-0.3, -0.25) is 4.79 Å². The van der Waals surface area contributed by atoms with E-state index in [9.17, 15) is 9.59 Å². The summed E-state index contributed by atoms with van der Waals surface area (Å²) in [6.07, 6.45) is 2.51. The molecular formula is C15H19NO4. The van der Waals surface area contributed by atoms with Crippen LogP contribution in [0, 0.1) is 0 Å². The van der Waals surface area contributed by atoms with Crippen molar-refractivity contribution in [3.05, 3.63) is 35.9 Å². The first-order chi connectivity index (χ1) is 9.69. The Kier molecular flexibility index (Phi) is 7.03. The molecule has 0 aliphatic rings. The van der Waals surface area contributed by atoms with Gasteiger partial charge in [0, 0.05) is 6.42 Å². The van der Waals surface area contributed by atoms with E-state index in [1.807, 2.05) is 30.3 Å². The van der Waals surface area contributed by atoms with Crippen LogP contribution in [0.5, 0.6) is 0 Å². The second-order valence-corrected chi connectivity index (χ2v) is 4.28. The number of carbonyl (C=O) groups is 2. The molecule has 1 rings (SSSR count). The zero-order chi connectivity index (χ0) is 14.8. The fourth-order valence-corrected chi connectivity index (χ4v) is 1.79. The van der Waals surface area contributed by atoms with Gasteiger partial charge < -0.3 is 9.94 Å². The third kappa shape index (κ3) is 5.22. The predicted octanol–water partition coefficient (Wildman–Crippen LogP) is 2.36. The summed E-state index contributed by atoms with van der Waals surface area (Å²) in [5, 5.41) is 11.4. The highest BCUT2D eigenvalue weighted by Crippen LogP contribution is 2.07. The molecule has 108 valence electrons. The lowest BCUT2D eigenvalue weighted by atomic mass is 10.0. The molecule has 5 heteroatoms. The van der Waals surface area contributed by atoms with Gasteiger partial charge in [-0.25, -0.2) is 4.79 Å². The number of hydrogen-bond acceptors (Lipinski definition) is 5. The number of Topliss-reactive ketones (excluding diaryl/α,β-unsaturated/α-hetero) is 1. The van der Waals surface area contributed by atoms with Gasteiger partial charge in [-0.15, -0.1) is 0 Å². The minimum absolute atomic E-state index is 0.138. The van der Waals surface area contributed by atoms with Crippen molar-refractivity contribution in [2.24, 2.45) is 5.16 Å². The third-order valence-corrected chi connectivity index (χ3v) is 2.80. The molecule has 0 amide bonds. The van der Waals surface area contributed by atoms with E-state index >= 15 is 0 Å². The number of esters is 1. The monoisotopic (exact) mass is 277 g/mol. The third-order valence-electron chi connectivity index (χ3n) is 2.80. The first-order valence-electron chi connectivity index (χ1n) is 6.65. The Morgan fingerprint density at radius 1 is 1.20 bits per heavy atom. The summed E-state index contributed by atoms with van der Waals surface area (Å²) in [5.41, 5.74) is 0.688. The van der Waals surface area contributed by atoms with Crippen LogP contribution in [0.15, 0.2) is 35.5 Å². The molecule has 0 bridgehead atoms. The van der Waals surface area contributed by atoms with E-state index in [0.29, 0.717) is 6.42 Å². The summed E-state index contributed by atoms with van der Waals surface area (Å²) >= 11 is 0. The van der Waals surface area contributed by atoms with E-state index in [0.717, 1.165) is 12.8 Å². The molecule has 0 fully saturated rings. The number of rotatable bonds is 8. The molecule has 0 aliphatic carbocycles. The molecule has 0 heterocycles. The highest BCUT2D eigenvalue weighted by Gasteiger charge is 2.21. The summed E-state index contributed by atoms with van der Waals surface area (Å²) in [7, 11) is 0. The van der Waals surface area contributed by atoms with Crippen LogP contribution in [0.4, 0.5) is 0 Å². The number of oxime groups is 1. The zero-order valence-electron chi connectivity index (χ0n) is 11.5. The number of carbonyl (C=O) groups excluding carboxylic acids is 2. The normalized spacial score (nSPS) is 11.2. The van der Waals surface area contributed by atoms with Gasteiger partial charge in [-0.1, -0.05) is 35.5 Å². The Balaban J connectivity index is 2.34. The minimum Gasteiger partial charge on any atom is -0.461 e. The number of aryl methyl sites for hydroxylation is 1. The van der Waals surface area contributed by atoms with E-state index in [4.69, 9.17) is 5.21 Å². The molecule has 0 aromatic heterocycles. The maximum Gasteiger partial charge on any atom is 0.364 e. The average Bonchev–Trinajstić information content (AvgIpc) is 2.46. The van der Waals surface area contributed by atoms with Crippen molar-refractivity contribution in [1.29, 1.82) is 0 Å². The number of hydrogen-bond donors (Lipinski definition) is 1. The number of ketones is 1. The molecule has 1 N–H and O–H groups in total. The lowest BCUT2D eigenvalue weighted by Crippen LogP contribution is -2.26. The van der Waals surface area contributed by atoms with Crippen molar-refractivity contribution < 1.29 is 19.5 Å². The molecule has 5 nitrogen and oxygen atoms in total. The van der Waals surface area contributed by atoms with Gasteiger partial charge in [0.15, 0.2) is 5.78 Å². The first-order valence-corrected chi connectivity index (χ1v) is 6.65. The van der Waals surface area contributed by atoms with Crippen LogP contribution in [0.2, 0.25) is 0 Å². The number of unbranched alkanes of at least 4 members (excludes halogenated alkanes) is 1. The van der Waals surface area contributed by atoms with Crippen LogP contribution < -0.4 is 0 Å². The highest BCUT2D eigenvalue weighted by molar-refractivity contribution is 6.64. The van der Waals surface area contributed by atoms with E-state index in [1.54, 1.807) is 6.92 Å². The van der Waals surface area contributed by atoms with Gasteiger partial charge in [0.1, 0.15) is 0 Å². The molecule has 0 saturated heterocycles. The first kappa shape index (κ1) is 15.9. The summed E-state index contributed by atoms with van der Waals surface area (Å²) in [6.45, 7) is 1.76. The zero-order valence-corrected chi connectivity index (χ0v) is 11.5. The van der Waals surface area contributed by atoms with Crippen molar-refractivity contribution in [1.82, 2.24) is 0 Å². The van der Waals surface area contributed by atoms with Crippen LogP contribution in [-0.2, 0) is 20.7 Å². The number of ether oxygens (including phenoxy) is 1.